The Hall–Kier alpha value is -1.51. The highest BCUT2D eigenvalue weighted by molar-refractivity contribution is 5.96. The first-order valence-electron chi connectivity index (χ1n) is 5.24. The van der Waals surface area contributed by atoms with Gasteiger partial charge in [0.1, 0.15) is 5.75 Å². The topological polar surface area (TPSA) is 49.3 Å². The van der Waals surface area contributed by atoms with Gasteiger partial charge in [-0.25, -0.2) is 0 Å². The molecule has 0 atom stereocenters. The summed E-state index contributed by atoms with van der Waals surface area (Å²) < 4.78 is 0. The number of benzene rings is 1. The van der Waals surface area contributed by atoms with Crippen LogP contribution in [0.15, 0.2) is 18.2 Å². The Labute approximate surface area is 89.1 Å². The molecule has 3 nitrogen and oxygen atoms in total. The molecule has 1 fully saturated rings. The molecular weight excluding hydrogens is 190 g/mol. The van der Waals surface area contributed by atoms with Gasteiger partial charge in [0, 0.05) is 7.05 Å². The first kappa shape index (κ1) is 10.0. The van der Waals surface area contributed by atoms with Crippen LogP contribution < -0.4 is 5.32 Å². The van der Waals surface area contributed by atoms with Gasteiger partial charge in [0.25, 0.3) is 5.91 Å². The molecule has 1 aliphatic rings. The van der Waals surface area contributed by atoms with Gasteiger partial charge in [-0.1, -0.05) is 6.07 Å². The molecule has 1 saturated carbocycles. The van der Waals surface area contributed by atoms with E-state index in [0.29, 0.717) is 5.56 Å². The van der Waals surface area contributed by atoms with Crippen LogP contribution >= 0.6 is 0 Å². The van der Waals surface area contributed by atoms with Gasteiger partial charge < -0.3 is 10.4 Å². The molecule has 0 heterocycles. The third-order valence-corrected chi connectivity index (χ3v) is 2.75. The van der Waals surface area contributed by atoms with E-state index in [1.165, 1.54) is 12.8 Å². The Bertz CT molecular complexity index is 383. The molecule has 2 rings (SSSR count). The maximum absolute atomic E-state index is 11.4. The quantitative estimate of drug-likeness (QED) is 0.789. The second-order valence-corrected chi connectivity index (χ2v) is 4.08. The second kappa shape index (κ2) is 3.93. The zero-order valence-electron chi connectivity index (χ0n) is 8.79. The van der Waals surface area contributed by atoms with Crippen LogP contribution in [0.3, 0.4) is 0 Å². The van der Waals surface area contributed by atoms with Gasteiger partial charge in [0.2, 0.25) is 0 Å². The minimum absolute atomic E-state index is 0.0499. The Balaban J connectivity index is 2.22. The average molecular weight is 205 g/mol. The van der Waals surface area contributed by atoms with Crippen LogP contribution in [0.2, 0.25) is 0 Å². The van der Waals surface area contributed by atoms with Crippen molar-refractivity contribution in [2.75, 3.05) is 7.05 Å². The van der Waals surface area contributed by atoms with Gasteiger partial charge in [-0.3, -0.25) is 4.79 Å². The molecule has 0 bridgehead atoms. The van der Waals surface area contributed by atoms with Crippen molar-refractivity contribution in [1.82, 2.24) is 5.32 Å². The summed E-state index contributed by atoms with van der Waals surface area (Å²) in [7, 11) is 1.56. The summed E-state index contributed by atoms with van der Waals surface area (Å²) in [4.78, 5) is 11.4. The highest BCUT2D eigenvalue weighted by atomic mass is 16.3. The predicted octanol–water partition coefficient (Wildman–Crippen LogP) is 1.70. The average Bonchev–Trinajstić information content (AvgIpc) is 3.04. The summed E-state index contributed by atoms with van der Waals surface area (Å²) >= 11 is 0. The zero-order valence-corrected chi connectivity index (χ0v) is 8.79. The number of amides is 1. The Morgan fingerprint density at radius 3 is 2.87 bits per heavy atom. The lowest BCUT2D eigenvalue weighted by Gasteiger charge is -2.06. The minimum atomic E-state index is -0.231. The van der Waals surface area contributed by atoms with Crippen molar-refractivity contribution in [2.24, 2.45) is 5.92 Å². The molecule has 0 spiro atoms. The molecule has 2 N–H and O–H groups in total. The molecule has 0 saturated heterocycles. The van der Waals surface area contributed by atoms with E-state index in [9.17, 15) is 9.90 Å². The first-order valence-corrected chi connectivity index (χ1v) is 5.24. The lowest BCUT2D eigenvalue weighted by atomic mass is 10.0. The molecule has 0 aromatic heterocycles. The van der Waals surface area contributed by atoms with Gasteiger partial charge >= 0.3 is 0 Å². The Morgan fingerprint density at radius 2 is 2.27 bits per heavy atom. The monoisotopic (exact) mass is 205 g/mol. The largest absolute Gasteiger partial charge is 0.507 e. The number of carbonyl (C=O) groups excluding carboxylic acids is 1. The van der Waals surface area contributed by atoms with Gasteiger partial charge in [0.15, 0.2) is 0 Å². The van der Waals surface area contributed by atoms with Gasteiger partial charge in [0.05, 0.1) is 5.56 Å². The van der Waals surface area contributed by atoms with Crippen molar-refractivity contribution in [3.05, 3.63) is 29.3 Å². The summed E-state index contributed by atoms with van der Waals surface area (Å²) in [6.45, 7) is 0. The van der Waals surface area contributed by atoms with E-state index < -0.39 is 0 Å². The number of rotatable bonds is 3. The van der Waals surface area contributed by atoms with Crippen LogP contribution in [0.4, 0.5) is 0 Å². The van der Waals surface area contributed by atoms with Crippen LogP contribution in [-0.4, -0.2) is 18.1 Å². The third kappa shape index (κ3) is 2.29. The van der Waals surface area contributed by atoms with Crippen LogP contribution in [0.1, 0.15) is 28.8 Å². The Kier molecular flexibility index (Phi) is 2.62. The number of hydrogen-bond donors (Lipinski definition) is 2. The highest BCUT2D eigenvalue weighted by Gasteiger charge is 2.22. The first-order chi connectivity index (χ1) is 7.20. The fraction of sp³-hybridized carbons (Fsp3) is 0.417. The normalized spacial score (nSPS) is 15.0. The molecule has 15 heavy (non-hydrogen) atoms. The molecule has 0 aliphatic heterocycles. The summed E-state index contributed by atoms with van der Waals surface area (Å²) in [5, 5.41) is 12.0. The summed E-state index contributed by atoms with van der Waals surface area (Å²) in [6, 6.07) is 5.27. The van der Waals surface area contributed by atoms with Crippen molar-refractivity contribution in [3.8, 4) is 5.75 Å². The van der Waals surface area contributed by atoms with Gasteiger partial charge in [-0.05, 0) is 42.9 Å². The molecule has 0 unspecified atom stereocenters. The van der Waals surface area contributed by atoms with Crippen molar-refractivity contribution >= 4 is 5.91 Å². The van der Waals surface area contributed by atoms with Crippen LogP contribution in [0.25, 0.3) is 0 Å². The molecule has 1 aromatic rings. The van der Waals surface area contributed by atoms with E-state index in [1.807, 2.05) is 6.07 Å². The van der Waals surface area contributed by atoms with Crippen LogP contribution in [0.5, 0.6) is 5.75 Å². The Morgan fingerprint density at radius 1 is 1.53 bits per heavy atom. The van der Waals surface area contributed by atoms with E-state index >= 15 is 0 Å². The SMILES string of the molecule is CNC(=O)c1cc(CC2CC2)ccc1O. The van der Waals surface area contributed by atoms with Crippen LogP contribution in [0, 0.1) is 5.92 Å². The fourth-order valence-corrected chi connectivity index (χ4v) is 1.68. The summed E-state index contributed by atoms with van der Waals surface area (Å²) in [5.74, 6) is 0.603. The fourth-order valence-electron chi connectivity index (χ4n) is 1.68. The predicted molar refractivity (Wildman–Crippen MR) is 57.9 cm³/mol. The van der Waals surface area contributed by atoms with Crippen molar-refractivity contribution in [1.29, 1.82) is 0 Å². The number of nitrogens with one attached hydrogen (secondary N) is 1. The maximum Gasteiger partial charge on any atom is 0.254 e. The van der Waals surface area contributed by atoms with E-state index in [2.05, 4.69) is 5.32 Å². The summed E-state index contributed by atoms with van der Waals surface area (Å²) in [6.07, 6.45) is 3.59. The molecule has 1 aliphatic carbocycles. The van der Waals surface area contributed by atoms with E-state index in [-0.39, 0.29) is 11.7 Å². The molecule has 0 radical (unpaired) electrons. The van der Waals surface area contributed by atoms with Crippen molar-refractivity contribution in [2.45, 2.75) is 19.3 Å². The number of carbonyl (C=O) groups is 1. The van der Waals surface area contributed by atoms with E-state index in [4.69, 9.17) is 0 Å². The van der Waals surface area contributed by atoms with Gasteiger partial charge in [-0.15, -0.1) is 0 Å². The highest BCUT2D eigenvalue weighted by Crippen LogP contribution is 2.33. The second-order valence-electron chi connectivity index (χ2n) is 4.08. The number of phenols is 1. The van der Waals surface area contributed by atoms with Crippen molar-refractivity contribution in [3.63, 3.8) is 0 Å². The number of phenolic OH excluding ortho intramolecular Hbond substituents is 1. The standard InChI is InChI=1S/C12H15NO2/c1-13-12(15)10-7-9(4-5-11(10)14)6-8-2-3-8/h4-5,7-8,14H,2-3,6H2,1H3,(H,13,15). The summed E-state index contributed by atoms with van der Waals surface area (Å²) in [5.41, 5.74) is 1.50. The minimum Gasteiger partial charge on any atom is -0.507 e. The molecule has 80 valence electrons. The lowest BCUT2D eigenvalue weighted by Crippen LogP contribution is -2.18. The van der Waals surface area contributed by atoms with Gasteiger partial charge in [-0.2, -0.15) is 0 Å². The lowest BCUT2D eigenvalue weighted by molar-refractivity contribution is 0.0960. The molecule has 3 heteroatoms. The number of aromatic hydroxyl groups is 1. The molecular formula is C12H15NO2. The maximum atomic E-state index is 11.4. The van der Waals surface area contributed by atoms with Crippen LogP contribution in [-0.2, 0) is 6.42 Å². The number of hydrogen-bond acceptors (Lipinski definition) is 2. The van der Waals surface area contributed by atoms with Crippen molar-refractivity contribution < 1.29 is 9.90 Å². The van der Waals surface area contributed by atoms with E-state index in [1.54, 1.807) is 19.2 Å². The smallest absolute Gasteiger partial charge is 0.254 e. The third-order valence-electron chi connectivity index (χ3n) is 2.75. The molecule has 1 amide bonds. The molecule has 1 aromatic carbocycles. The zero-order chi connectivity index (χ0) is 10.8. The van der Waals surface area contributed by atoms with E-state index in [0.717, 1.165) is 17.9 Å².